The van der Waals surface area contributed by atoms with Crippen molar-refractivity contribution < 1.29 is 67.2 Å². The standard InChI is InChI=1S/C43H55NO14/c1-9-44-20-40(21-50-3)28(56-38(47)23-10-14-25(51-4)15-11-23)18-29(53-6)42-27-19-41(49)36(57-39(48)24-12-16-26(52-5)17-13-24)30(27)43(58-22(2)45,35(46)37(41)55-8)31(34(42)44)32(54-7)33(40)42/h10-17,27-37,46,49H,9,18-21H2,1-8H3/t27-,28+,29?,30+,31?,32-,33+,34?,35-,36+,37-,40-,41-,42?,43+/m0/s1. The van der Waals surface area contributed by atoms with Crippen LogP contribution < -0.4 is 9.47 Å². The van der Waals surface area contributed by atoms with Gasteiger partial charge in [-0.1, -0.05) is 6.92 Å². The van der Waals surface area contributed by atoms with Crippen LogP contribution in [0.3, 0.4) is 0 Å². The molecule has 0 amide bonds. The topological polar surface area (TPSA) is 178 Å². The molecule has 15 atom stereocenters. The molecule has 0 aromatic heterocycles. The van der Waals surface area contributed by atoms with Crippen molar-refractivity contribution in [1.29, 1.82) is 0 Å². The number of aliphatic hydroxyl groups is 2. The molecule has 15 heteroatoms. The second kappa shape index (κ2) is 14.7. The quantitative estimate of drug-likeness (QED) is 0.223. The van der Waals surface area contributed by atoms with Gasteiger partial charge in [0.1, 0.15) is 41.5 Å². The summed E-state index contributed by atoms with van der Waals surface area (Å²) in [5.41, 5.74) is -4.98. The van der Waals surface area contributed by atoms with Crippen molar-refractivity contribution in [2.45, 2.75) is 80.6 Å². The van der Waals surface area contributed by atoms with Crippen molar-refractivity contribution in [2.75, 3.05) is 62.4 Å². The van der Waals surface area contributed by atoms with Crippen LogP contribution in [-0.2, 0) is 38.0 Å². The third-order valence-corrected chi connectivity index (χ3v) is 15.0. The summed E-state index contributed by atoms with van der Waals surface area (Å²) < 4.78 is 55.6. The van der Waals surface area contributed by atoms with Crippen molar-refractivity contribution in [3.8, 4) is 11.5 Å². The number of nitrogens with zero attached hydrogens (tertiary/aromatic N) is 1. The molecule has 1 heterocycles. The summed E-state index contributed by atoms with van der Waals surface area (Å²) in [5.74, 6) is -3.57. The maximum atomic E-state index is 14.1. The van der Waals surface area contributed by atoms with E-state index in [1.54, 1.807) is 77.0 Å². The van der Waals surface area contributed by atoms with Crippen LogP contribution >= 0.6 is 0 Å². The molecule has 0 radical (unpaired) electrons. The molecule has 58 heavy (non-hydrogen) atoms. The number of rotatable bonds is 13. The molecule has 1 saturated heterocycles. The third kappa shape index (κ3) is 5.26. The minimum absolute atomic E-state index is 0.00371. The van der Waals surface area contributed by atoms with Gasteiger partial charge < -0.3 is 52.8 Å². The maximum Gasteiger partial charge on any atom is 0.338 e. The number of hydrogen-bond acceptors (Lipinski definition) is 15. The molecule has 6 aliphatic rings. The Morgan fingerprint density at radius 1 is 0.793 bits per heavy atom. The van der Waals surface area contributed by atoms with E-state index in [-0.39, 0.29) is 25.0 Å². The zero-order valence-electron chi connectivity index (χ0n) is 34.2. The van der Waals surface area contributed by atoms with Gasteiger partial charge in [-0.25, -0.2) is 9.59 Å². The van der Waals surface area contributed by atoms with Crippen LogP contribution in [0.4, 0.5) is 0 Å². The van der Waals surface area contributed by atoms with E-state index in [9.17, 15) is 24.6 Å². The maximum absolute atomic E-state index is 14.1. The highest BCUT2D eigenvalue weighted by atomic mass is 16.6. The van der Waals surface area contributed by atoms with Crippen molar-refractivity contribution in [1.82, 2.24) is 4.90 Å². The van der Waals surface area contributed by atoms with Crippen molar-refractivity contribution >= 4 is 17.9 Å². The molecule has 2 aromatic rings. The summed E-state index contributed by atoms with van der Waals surface area (Å²) in [6.45, 7) is 4.42. The fourth-order valence-corrected chi connectivity index (χ4v) is 13.5. The number of likely N-dealkylation sites (tertiary alicyclic amines) is 1. The van der Waals surface area contributed by atoms with Gasteiger partial charge >= 0.3 is 17.9 Å². The molecule has 4 unspecified atom stereocenters. The number of esters is 3. The molecular formula is C43H55NO14. The Hall–Kier alpha value is -3.83. The van der Waals surface area contributed by atoms with Crippen LogP contribution in [0, 0.1) is 34.5 Å². The number of aliphatic hydroxyl groups excluding tert-OH is 1. The van der Waals surface area contributed by atoms with Gasteiger partial charge in [0.15, 0.2) is 5.60 Å². The van der Waals surface area contributed by atoms with Gasteiger partial charge in [0.05, 0.1) is 44.2 Å². The van der Waals surface area contributed by atoms with Gasteiger partial charge in [-0.2, -0.15) is 0 Å². The molecule has 1 aliphatic heterocycles. The predicted octanol–water partition coefficient (Wildman–Crippen LogP) is 2.53. The first-order valence-corrected chi connectivity index (χ1v) is 19.9. The molecule has 15 nitrogen and oxygen atoms in total. The van der Waals surface area contributed by atoms with Crippen LogP contribution in [0.2, 0.25) is 0 Å². The summed E-state index contributed by atoms with van der Waals surface area (Å²) in [5, 5.41) is 25.9. The van der Waals surface area contributed by atoms with E-state index < -0.39 is 106 Å². The third-order valence-electron chi connectivity index (χ3n) is 15.0. The molecule has 316 valence electrons. The monoisotopic (exact) mass is 809 g/mol. The average molecular weight is 810 g/mol. The van der Waals surface area contributed by atoms with Crippen LogP contribution in [0.25, 0.3) is 0 Å². The first kappa shape index (κ1) is 40.9. The molecular weight excluding hydrogens is 754 g/mol. The molecule has 5 aliphatic carbocycles. The number of hydrogen-bond donors (Lipinski definition) is 2. The largest absolute Gasteiger partial charge is 0.497 e. The lowest BCUT2D eigenvalue weighted by Crippen LogP contribution is -2.81. The Kier molecular flexibility index (Phi) is 10.4. The number of ether oxygens (including phenoxy) is 9. The second-order valence-electron chi connectivity index (χ2n) is 16.9. The number of piperidine rings is 1. The van der Waals surface area contributed by atoms with Crippen LogP contribution in [0.15, 0.2) is 48.5 Å². The SMILES string of the molecule is CCN1C[C@]2(COC)[C@H](OC(=O)c3ccc(OC)cc3)CC(OC)C34C1C([C@H](OC)[C@@H]32)[C@]1(OC(C)=O)[C@H]2[C@@H](OC(=O)c3ccc(OC)cc3)[C@@](O)(C[C@@H]24)[C@@H](OC)[C@@H]1O. The predicted molar refractivity (Wildman–Crippen MR) is 203 cm³/mol. The Morgan fingerprint density at radius 3 is 1.90 bits per heavy atom. The first-order chi connectivity index (χ1) is 27.8. The lowest BCUT2D eigenvalue weighted by atomic mass is 9.42. The molecule has 8 rings (SSSR count). The lowest BCUT2D eigenvalue weighted by Gasteiger charge is -2.70. The zero-order valence-corrected chi connectivity index (χ0v) is 34.2. The summed E-state index contributed by atoms with van der Waals surface area (Å²) in [6, 6.07) is 12.7. The molecule has 5 saturated carbocycles. The average Bonchev–Trinajstić information content (AvgIpc) is 3.60. The van der Waals surface area contributed by atoms with Gasteiger partial charge in [-0.05, 0) is 67.4 Å². The number of benzene rings is 2. The van der Waals surface area contributed by atoms with Gasteiger partial charge in [0.25, 0.3) is 0 Å². The normalized spacial score (nSPS) is 41.7. The Labute approximate surface area is 338 Å². The first-order valence-electron chi connectivity index (χ1n) is 19.9. The highest BCUT2D eigenvalue weighted by Gasteiger charge is 2.92. The summed E-state index contributed by atoms with van der Waals surface area (Å²) >= 11 is 0. The van der Waals surface area contributed by atoms with E-state index in [1.165, 1.54) is 21.1 Å². The minimum Gasteiger partial charge on any atom is -0.497 e. The fourth-order valence-electron chi connectivity index (χ4n) is 13.5. The van der Waals surface area contributed by atoms with Gasteiger partial charge in [0.2, 0.25) is 0 Å². The number of carbonyl (C=O) groups excluding carboxylic acids is 3. The van der Waals surface area contributed by atoms with E-state index in [0.29, 0.717) is 30.2 Å². The molecule has 2 N–H and O–H groups in total. The van der Waals surface area contributed by atoms with Crippen molar-refractivity contribution in [3.05, 3.63) is 59.7 Å². The summed E-state index contributed by atoms with van der Waals surface area (Å²) in [7, 11) is 9.30. The zero-order chi connectivity index (χ0) is 41.5. The number of methoxy groups -OCH3 is 6. The Bertz CT molecular complexity index is 1890. The highest BCUT2D eigenvalue weighted by molar-refractivity contribution is 5.90. The van der Waals surface area contributed by atoms with E-state index in [0.717, 1.165) is 0 Å². The minimum atomic E-state index is -1.93. The highest BCUT2D eigenvalue weighted by Crippen LogP contribution is 2.81. The van der Waals surface area contributed by atoms with Crippen molar-refractivity contribution in [2.24, 2.45) is 34.5 Å². The molecule has 6 fully saturated rings. The smallest absolute Gasteiger partial charge is 0.338 e. The summed E-state index contributed by atoms with van der Waals surface area (Å²) in [4.78, 5) is 44.1. The molecule has 7 bridgehead atoms. The number of fused-ring (bicyclic) bond motifs is 2. The van der Waals surface area contributed by atoms with Crippen molar-refractivity contribution in [3.63, 3.8) is 0 Å². The fraction of sp³-hybridized carbons (Fsp3) is 0.651. The van der Waals surface area contributed by atoms with Gasteiger partial charge in [-0.15, -0.1) is 0 Å². The second-order valence-corrected chi connectivity index (χ2v) is 16.9. The van der Waals surface area contributed by atoms with Gasteiger partial charge in [0, 0.05) is 83.0 Å². The molecule has 1 spiro atoms. The van der Waals surface area contributed by atoms with E-state index in [2.05, 4.69) is 4.90 Å². The number of carbonyl (C=O) groups is 3. The van der Waals surface area contributed by atoms with Crippen LogP contribution in [-0.4, -0.2) is 149 Å². The van der Waals surface area contributed by atoms with Crippen LogP contribution in [0.1, 0.15) is 47.4 Å². The van der Waals surface area contributed by atoms with E-state index >= 15 is 0 Å². The van der Waals surface area contributed by atoms with Gasteiger partial charge in [-0.3, -0.25) is 9.69 Å². The Morgan fingerprint density at radius 2 is 1.40 bits per heavy atom. The molecule has 2 aromatic carbocycles. The Balaban J connectivity index is 1.34. The van der Waals surface area contributed by atoms with E-state index in [1.807, 2.05) is 6.92 Å². The summed E-state index contributed by atoms with van der Waals surface area (Å²) in [6.07, 6.45) is -6.04. The lowest BCUT2D eigenvalue weighted by molar-refractivity contribution is -0.322. The van der Waals surface area contributed by atoms with E-state index in [4.69, 9.17) is 42.6 Å². The van der Waals surface area contributed by atoms with Crippen LogP contribution in [0.5, 0.6) is 11.5 Å².